The first kappa shape index (κ1) is 19.4. The summed E-state index contributed by atoms with van der Waals surface area (Å²) in [7, 11) is 3.23. The van der Waals surface area contributed by atoms with Crippen molar-refractivity contribution in [1.82, 2.24) is 15.5 Å². The van der Waals surface area contributed by atoms with Crippen LogP contribution in [-0.4, -0.2) is 30.3 Å². The van der Waals surface area contributed by atoms with E-state index in [9.17, 15) is 4.79 Å². The fourth-order valence-electron chi connectivity index (χ4n) is 2.75. The van der Waals surface area contributed by atoms with Crippen LogP contribution in [0.5, 0.6) is 11.5 Å². The Morgan fingerprint density at radius 2 is 1.86 bits per heavy atom. The van der Waals surface area contributed by atoms with Crippen LogP contribution >= 0.6 is 0 Å². The second-order valence-electron chi connectivity index (χ2n) is 6.31. The molecule has 146 valence electrons. The number of nitrogens with one attached hydrogen (secondary N) is 1. The molecule has 0 saturated carbocycles. The molecule has 3 rings (SSSR count). The fourth-order valence-corrected chi connectivity index (χ4v) is 2.75. The maximum Gasteiger partial charge on any atom is 0.227 e. The second kappa shape index (κ2) is 9.03. The molecule has 28 heavy (non-hydrogen) atoms. The first-order valence-electron chi connectivity index (χ1n) is 8.99. The third-order valence-corrected chi connectivity index (χ3v) is 4.36. The average Bonchev–Trinajstić information content (AvgIpc) is 3.21. The number of amides is 1. The predicted molar refractivity (Wildman–Crippen MR) is 104 cm³/mol. The number of methoxy groups -OCH3 is 2. The van der Waals surface area contributed by atoms with Gasteiger partial charge in [-0.25, -0.2) is 0 Å². The minimum atomic E-state index is -0.103. The van der Waals surface area contributed by atoms with Gasteiger partial charge in [-0.2, -0.15) is 4.98 Å². The number of nitrogens with zero attached hydrogens (tertiary/aromatic N) is 2. The van der Waals surface area contributed by atoms with Gasteiger partial charge in [0.05, 0.1) is 20.3 Å². The Kier molecular flexibility index (Phi) is 6.26. The summed E-state index contributed by atoms with van der Waals surface area (Å²) in [4.78, 5) is 16.6. The molecule has 1 atom stereocenters. The number of hydrogen-bond acceptors (Lipinski definition) is 6. The van der Waals surface area contributed by atoms with Crippen LogP contribution in [0.3, 0.4) is 0 Å². The summed E-state index contributed by atoms with van der Waals surface area (Å²) in [5, 5.41) is 6.95. The van der Waals surface area contributed by atoms with Crippen LogP contribution < -0.4 is 14.8 Å². The maximum atomic E-state index is 12.2. The normalized spacial score (nSPS) is 11.7. The molecule has 2 aromatic carbocycles. The van der Waals surface area contributed by atoms with Crippen molar-refractivity contribution in [2.75, 3.05) is 14.2 Å². The predicted octanol–water partition coefficient (Wildman–Crippen LogP) is 3.56. The Morgan fingerprint density at radius 1 is 1.11 bits per heavy atom. The molecular weight excluding hydrogens is 358 g/mol. The van der Waals surface area contributed by atoms with Crippen LogP contribution in [0.25, 0.3) is 11.4 Å². The number of ether oxygens (including phenoxy) is 2. The summed E-state index contributed by atoms with van der Waals surface area (Å²) in [5.41, 5.74) is 1.80. The van der Waals surface area contributed by atoms with Gasteiger partial charge in [-0.3, -0.25) is 4.79 Å². The molecule has 0 fully saturated rings. The Labute approximate surface area is 163 Å². The lowest BCUT2D eigenvalue weighted by atomic mass is 10.1. The number of carbonyl (C=O) groups excluding carboxylic acids is 1. The summed E-state index contributed by atoms with van der Waals surface area (Å²) in [6.07, 6.45) is 0.637. The molecule has 0 saturated heterocycles. The van der Waals surface area contributed by atoms with Crippen LogP contribution in [0, 0.1) is 0 Å². The van der Waals surface area contributed by atoms with Crippen molar-refractivity contribution in [2.45, 2.75) is 25.8 Å². The number of aryl methyl sites for hydroxylation is 1. The largest absolute Gasteiger partial charge is 0.497 e. The molecule has 0 spiro atoms. The van der Waals surface area contributed by atoms with Gasteiger partial charge in [-0.15, -0.1) is 0 Å². The van der Waals surface area contributed by atoms with Gasteiger partial charge in [0.1, 0.15) is 11.5 Å². The van der Waals surface area contributed by atoms with Crippen molar-refractivity contribution in [2.24, 2.45) is 0 Å². The Morgan fingerprint density at radius 3 is 2.57 bits per heavy atom. The quantitative estimate of drug-likeness (QED) is 0.642. The maximum absolute atomic E-state index is 12.2. The van der Waals surface area contributed by atoms with Gasteiger partial charge in [0, 0.05) is 18.4 Å². The van der Waals surface area contributed by atoms with Gasteiger partial charge < -0.3 is 19.3 Å². The number of rotatable bonds is 8. The lowest BCUT2D eigenvalue weighted by Gasteiger charge is -2.14. The molecule has 0 aliphatic heterocycles. The summed E-state index contributed by atoms with van der Waals surface area (Å²) in [6, 6.07) is 14.9. The molecule has 0 radical (unpaired) electrons. The summed E-state index contributed by atoms with van der Waals surface area (Å²) >= 11 is 0. The lowest BCUT2D eigenvalue weighted by molar-refractivity contribution is -0.121. The summed E-state index contributed by atoms with van der Waals surface area (Å²) < 4.78 is 15.6. The topological polar surface area (TPSA) is 86.5 Å². The number of carbonyl (C=O) groups is 1. The van der Waals surface area contributed by atoms with Crippen LogP contribution in [0.2, 0.25) is 0 Å². The second-order valence-corrected chi connectivity index (χ2v) is 6.31. The standard InChI is InChI=1S/C21H23N3O4/c1-14(15-7-9-17(26-2)10-8-15)22-19(25)11-12-20-23-21(24-28-20)16-5-4-6-18(13-16)27-3/h4-10,13-14H,11-12H2,1-3H3,(H,22,25)/t14-/m0/s1. The molecule has 7 heteroatoms. The molecule has 1 amide bonds. The van der Waals surface area contributed by atoms with Crippen molar-refractivity contribution in [3.63, 3.8) is 0 Å². The Hall–Kier alpha value is -3.35. The van der Waals surface area contributed by atoms with Gasteiger partial charge in [0.15, 0.2) is 0 Å². The highest BCUT2D eigenvalue weighted by Gasteiger charge is 2.13. The lowest BCUT2D eigenvalue weighted by Crippen LogP contribution is -2.26. The van der Waals surface area contributed by atoms with Crippen molar-refractivity contribution in [1.29, 1.82) is 0 Å². The monoisotopic (exact) mass is 381 g/mol. The first-order chi connectivity index (χ1) is 13.6. The van der Waals surface area contributed by atoms with Crippen molar-refractivity contribution < 1.29 is 18.8 Å². The summed E-state index contributed by atoms with van der Waals surface area (Å²) in [5.74, 6) is 2.32. The average molecular weight is 381 g/mol. The molecule has 0 aliphatic rings. The number of aromatic nitrogens is 2. The smallest absolute Gasteiger partial charge is 0.227 e. The van der Waals surface area contributed by atoms with E-state index in [0.29, 0.717) is 18.1 Å². The molecule has 1 heterocycles. The van der Waals surface area contributed by atoms with Gasteiger partial charge in [0.25, 0.3) is 0 Å². The zero-order chi connectivity index (χ0) is 19.9. The van der Waals surface area contributed by atoms with Crippen LogP contribution in [0.1, 0.15) is 30.8 Å². The summed E-state index contributed by atoms with van der Waals surface area (Å²) in [6.45, 7) is 1.94. The van der Waals surface area contributed by atoms with E-state index >= 15 is 0 Å². The van der Waals surface area contributed by atoms with E-state index in [2.05, 4.69) is 15.5 Å². The molecule has 3 aromatic rings. The van der Waals surface area contributed by atoms with Crippen LogP contribution in [-0.2, 0) is 11.2 Å². The minimum absolute atomic E-state index is 0.0792. The highest BCUT2D eigenvalue weighted by Crippen LogP contribution is 2.21. The molecule has 1 aromatic heterocycles. The number of benzene rings is 2. The van der Waals surface area contributed by atoms with Crippen LogP contribution in [0.15, 0.2) is 53.1 Å². The van der Waals surface area contributed by atoms with Crippen molar-refractivity contribution in [3.05, 3.63) is 60.0 Å². The SMILES string of the molecule is COc1ccc([C@H](C)NC(=O)CCc2nc(-c3cccc(OC)c3)no2)cc1. The van der Waals surface area contributed by atoms with E-state index in [1.807, 2.05) is 55.5 Å². The minimum Gasteiger partial charge on any atom is -0.497 e. The van der Waals surface area contributed by atoms with Crippen molar-refractivity contribution in [3.8, 4) is 22.9 Å². The van der Waals surface area contributed by atoms with Crippen LogP contribution in [0.4, 0.5) is 0 Å². The van der Waals surface area contributed by atoms with E-state index in [1.165, 1.54) is 0 Å². The van der Waals surface area contributed by atoms with Gasteiger partial charge in [0.2, 0.25) is 17.6 Å². The highest BCUT2D eigenvalue weighted by atomic mass is 16.5. The fraction of sp³-hybridized carbons (Fsp3) is 0.286. The van der Waals surface area contributed by atoms with E-state index in [0.717, 1.165) is 22.6 Å². The highest BCUT2D eigenvalue weighted by molar-refractivity contribution is 5.76. The zero-order valence-electron chi connectivity index (χ0n) is 16.1. The third kappa shape index (κ3) is 4.88. The Bertz CT molecular complexity index is 921. The van der Waals surface area contributed by atoms with Gasteiger partial charge in [-0.1, -0.05) is 29.4 Å². The molecule has 0 aliphatic carbocycles. The molecular formula is C21H23N3O4. The third-order valence-electron chi connectivity index (χ3n) is 4.36. The van der Waals surface area contributed by atoms with E-state index in [1.54, 1.807) is 14.2 Å². The molecule has 0 bridgehead atoms. The zero-order valence-corrected chi connectivity index (χ0v) is 16.1. The first-order valence-corrected chi connectivity index (χ1v) is 8.99. The van der Waals surface area contributed by atoms with Gasteiger partial charge in [-0.05, 0) is 36.8 Å². The molecule has 7 nitrogen and oxygen atoms in total. The van der Waals surface area contributed by atoms with Gasteiger partial charge >= 0.3 is 0 Å². The van der Waals surface area contributed by atoms with E-state index in [4.69, 9.17) is 14.0 Å². The van der Waals surface area contributed by atoms with Crippen molar-refractivity contribution >= 4 is 5.91 Å². The Balaban J connectivity index is 1.53. The molecule has 1 N–H and O–H groups in total. The van der Waals surface area contributed by atoms with E-state index in [-0.39, 0.29) is 18.4 Å². The number of hydrogen-bond donors (Lipinski definition) is 1. The molecule has 0 unspecified atom stereocenters. The van der Waals surface area contributed by atoms with E-state index < -0.39 is 0 Å².